The van der Waals surface area contributed by atoms with Gasteiger partial charge >= 0.3 is 7.60 Å². The number of hydrogen-bond donors (Lipinski definition) is 1. The molecule has 3 rings (SSSR count). The van der Waals surface area contributed by atoms with E-state index in [4.69, 9.17) is 18.5 Å². The molecule has 0 spiro atoms. The zero-order valence-corrected chi connectivity index (χ0v) is 19.9. The average Bonchev–Trinajstić information content (AvgIpc) is 3.22. The molecule has 6 nitrogen and oxygen atoms in total. The Morgan fingerprint density at radius 2 is 1.58 bits per heavy atom. The second kappa shape index (κ2) is 11.0. The fourth-order valence-corrected chi connectivity index (χ4v) is 5.42. The summed E-state index contributed by atoms with van der Waals surface area (Å²) in [7, 11) is -3.55. The van der Waals surface area contributed by atoms with E-state index in [9.17, 15) is 4.57 Å². The van der Waals surface area contributed by atoms with Gasteiger partial charge in [0.25, 0.3) is 0 Å². The predicted molar refractivity (Wildman–Crippen MR) is 124 cm³/mol. The fraction of sp³-hybridized carbons (Fsp3) is 0.500. The van der Waals surface area contributed by atoms with E-state index in [1.807, 2.05) is 50.2 Å². The van der Waals surface area contributed by atoms with Gasteiger partial charge < -0.3 is 23.8 Å². The van der Waals surface area contributed by atoms with Crippen molar-refractivity contribution in [2.75, 3.05) is 25.3 Å². The summed E-state index contributed by atoms with van der Waals surface area (Å²) < 4.78 is 37.3. The number of aryl methyl sites for hydroxylation is 2. The van der Waals surface area contributed by atoms with Crippen molar-refractivity contribution < 1.29 is 23.1 Å². The van der Waals surface area contributed by atoms with Crippen molar-refractivity contribution in [2.24, 2.45) is 0 Å². The van der Waals surface area contributed by atoms with E-state index in [0.717, 1.165) is 48.1 Å². The molecule has 31 heavy (non-hydrogen) atoms. The highest BCUT2D eigenvalue weighted by atomic mass is 31.2. The van der Waals surface area contributed by atoms with E-state index in [-0.39, 0.29) is 6.79 Å². The van der Waals surface area contributed by atoms with Crippen molar-refractivity contribution in [2.45, 2.75) is 59.2 Å². The number of fused-ring (bicyclic) bond motifs is 1. The molecule has 7 heteroatoms. The van der Waals surface area contributed by atoms with Gasteiger partial charge in [-0.25, -0.2) is 0 Å². The van der Waals surface area contributed by atoms with Crippen LogP contribution in [0.1, 0.15) is 62.0 Å². The Morgan fingerprint density at radius 3 is 2.19 bits per heavy atom. The molecule has 0 radical (unpaired) electrons. The summed E-state index contributed by atoms with van der Waals surface area (Å²) in [5.41, 5.74) is 3.85. The minimum Gasteiger partial charge on any atom is -0.454 e. The van der Waals surface area contributed by atoms with E-state index in [1.165, 1.54) is 0 Å². The van der Waals surface area contributed by atoms with Gasteiger partial charge in [-0.1, -0.05) is 51.0 Å². The monoisotopic (exact) mass is 447 g/mol. The quantitative estimate of drug-likeness (QED) is 0.280. The van der Waals surface area contributed by atoms with Gasteiger partial charge in [-0.2, -0.15) is 0 Å². The first kappa shape index (κ1) is 23.6. The summed E-state index contributed by atoms with van der Waals surface area (Å²) in [5.74, 6) is 0.651. The van der Waals surface area contributed by atoms with Crippen molar-refractivity contribution in [1.82, 2.24) is 0 Å². The molecule has 0 amide bonds. The average molecular weight is 448 g/mol. The number of hydrogen-bond acceptors (Lipinski definition) is 6. The Hall–Kier alpha value is -2.01. The highest BCUT2D eigenvalue weighted by molar-refractivity contribution is 7.54. The molecule has 1 heterocycles. The standard InChI is InChI=1S/C24H34NO5P/c1-5-7-14-29-31(26,30-15-8-6-2)24(25-23-18(3)10-9-11-19(23)4)20-12-13-21-22(16-20)28-17-27-21/h9-13,16,24-25H,5-8,14-15,17H2,1-4H3. The second-order valence-corrected chi connectivity index (χ2v) is 9.95. The van der Waals surface area contributed by atoms with Crippen LogP contribution in [-0.4, -0.2) is 20.0 Å². The lowest BCUT2D eigenvalue weighted by molar-refractivity contribution is 0.174. The number of ether oxygens (including phenoxy) is 2. The van der Waals surface area contributed by atoms with E-state index in [0.29, 0.717) is 24.7 Å². The van der Waals surface area contributed by atoms with Crippen molar-refractivity contribution >= 4 is 13.3 Å². The summed E-state index contributed by atoms with van der Waals surface area (Å²) in [4.78, 5) is 0. The van der Waals surface area contributed by atoms with Crippen molar-refractivity contribution in [3.8, 4) is 11.5 Å². The SMILES string of the molecule is CCCCOP(=O)(OCCCC)C(Nc1c(C)cccc1C)c1ccc2c(c1)OCO2. The van der Waals surface area contributed by atoms with Gasteiger partial charge in [0, 0.05) is 5.69 Å². The van der Waals surface area contributed by atoms with Gasteiger partial charge in [0.15, 0.2) is 17.3 Å². The Balaban J connectivity index is 2.02. The molecule has 0 saturated carbocycles. The smallest absolute Gasteiger partial charge is 0.357 e. The predicted octanol–water partition coefficient (Wildman–Crippen LogP) is 6.97. The maximum Gasteiger partial charge on any atom is 0.357 e. The zero-order valence-electron chi connectivity index (χ0n) is 19.0. The first-order chi connectivity index (χ1) is 15.0. The van der Waals surface area contributed by atoms with E-state index in [1.54, 1.807) is 0 Å². The number of anilines is 1. The fourth-order valence-electron chi connectivity index (χ4n) is 3.47. The third-order valence-corrected chi connectivity index (χ3v) is 7.47. The van der Waals surface area contributed by atoms with Crippen LogP contribution < -0.4 is 14.8 Å². The summed E-state index contributed by atoms with van der Waals surface area (Å²) >= 11 is 0. The summed E-state index contributed by atoms with van der Waals surface area (Å²) in [6.07, 6.45) is 3.54. The Morgan fingerprint density at radius 1 is 0.968 bits per heavy atom. The first-order valence-corrected chi connectivity index (χ1v) is 12.7. The van der Waals surface area contributed by atoms with Crippen LogP contribution in [-0.2, 0) is 13.6 Å². The second-order valence-electron chi connectivity index (χ2n) is 7.84. The number of unbranched alkanes of at least 4 members (excludes halogenated alkanes) is 2. The molecule has 1 N–H and O–H groups in total. The molecule has 0 saturated heterocycles. The highest BCUT2D eigenvalue weighted by Crippen LogP contribution is 2.62. The van der Waals surface area contributed by atoms with E-state index in [2.05, 4.69) is 19.2 Å². The van der Waals surface area contributed by atoms with Gasteiger partial charge in [-0.3, -0.25) is 4.57 Å². The third-order valence-electron chi connectivity index (χ3n) is 5.33. The minimum atomic E-state index is -3.55. The summed E-state index contributed by atoms with van der Waals surface area (Å²) in [6, 6.07) is 11.7. The van der Waals surface area contributed by atoms with Crippen LogP contribution in [0.4, 0.5) is 5.69 Å². The van der Waals surface area contributed by atoms with Crippen LogP contribution in [0.25, 0.3) is 0 Å². The van der Waals surface area contributed by atoms with Gasteiger partial charge in [0.2, 0.25) is 6.79 Å². The lowest BCUT2D eigenvalue weighted by atomic mass is 10.1. The number of rotatable bonds is 12. The Labute approximate surface area is 185 Å². The van der Waals surface area contributed by atoms with Gasteiger partial charge in [0.05, 0.1) is 13.2 Å². The first-order valence-electron chi connectivity index (χ1n) is 11.1. The molecule has 0 aliphatic carbocycles. The highest BCUT2D eigenvalue weighted by Gasteiger charge is 2.39. The summed E-state index contributed by atoms with van der Waals surface area (Å²) in [5, 5.41) is 3.51. The molecular weight excluding hydrogens is 413 g/mol. The van der Waals surface area contributed by atoms with Crippen molar-refractivity contribution in [3.63, 3.8) is 0 Å². The normalized spacial score (nSPS) is 13.9. The Bertz CT molecular complexity index is 883. The van der Waals surface area contributed by atoms with Crippen LogP contribution >= 0.6 is 7.60 Å². The molecule has 0 aromatic heterocycles. The molecule has 0 bridgehead atoms. The van der Waals surface area contributed by atoms with Gasteiger partial charge in [-0.15, -0.1) is 0 Å². The molecule has 2 aromatic carbocycles. The van der Waals surface area contributed by atoms with Crippen molar-refractivity contribution in [1.29, 1.82) is 0 Å². The molecule has 1 aliphatic heterocycles. The molecular formula is C24H34NO5P. The molecule has 1 aliphatic rings. The summed E-state index contributed by atoms with van der Waals surface area (Å²) in [6.45, 7) is 9.18. The zero-order chi connectivity index (χ0) is 22.3. The molecule has 0 fully saturated rings. The van der Waals surface area contributed by atoms with Gasteiger partial charge in [-0.05, 0) is 55.5 Å². The van der Waals surface area contributed by atoms with Crippen LogP contribution in [0.15, 0.2) is 36.4 Å². The third kappa shape index (κ3) is 5.82. The maximum absolute atomic E-state index is 14.2. The van der Waals surface area contributed by atoms with Crippen LogP contribution in [0.5, 0.6) is 11.5 Å². The number of para-hydroxylation sites is 1. The molecule has 1 unspecified atom stereocenters. The largest absolute Gasteiger partial charge is 0.454 e. The topological polar surface area (TPSA) is 66.0 Å². The van der Waals surface area contributed by atoms with Crippen LogP contribution in [0.3, 0.4) is 0 Å². The van der Waals surface area contributed by atoms with E-state index >= 15 is 0 Å². The Kier molecular flexibility index (Phi) is 8.42. The maximum atomic E-state index is 14.2. The lowest BCUT2D eigenvalue weighted by Crippen LogP contribution is -2.17. The van der Waals surface area contributed by atoms with Crippen molar-refractivity contribution in [3.05, 3.63) is 53.1 Å². The van der Waals surface area contributed by atoms with Crippen LogP contribution in [0.2, 0.25) is 0 Å². The van der Waals surface area contributed by atoms with E-state index < -0.39 is 13.4 Å². The number of benzene rings is 2. The lowest BCUT2D eigenvalue weighted by Gasteiger charge is -2.30. The molecule has 170 valence electrons. The van der Waals surface area contributed by atoms with Gasteiger partial charge in [0.1, 0.15) is 0 Å². The minimum absolute atomic E-state index is 0.186. The van der Waals surface area contributed by atoms with Crippen LogP contribution in [0, 0.1) is 13.8 Å². The molecule has 2 aromatic rings. The number of nitrogens with one attached hydrogen (secondary N) is 1. The molecule has 1 atom stereocenters.